The molecule has 0 spiro atoms. The molecule has 1 atom stereocenters. The van der Waals surface area contributed by atoms with E-state index in [9.17, 15) is 64.7 Å². The number of hydrogen-bond acceptors (Lipinski definition) is 20. The number of amides is 7. The van der Waals surface area contributed by atoms with E-state index in [0.29, 0.717) is 171 Å². The number of carbonyl (C=O) groups excluding carboxylic acids is 8. The second-order valence-corrected chi connectivity index (χ2v) is 48.9. The van der Waals surface area contributed by atoms with Crippen LogP contribution in [-0.2, 0) is 40.8 Å². The van der Waals surface area contributed by atoms with Crippen LogP contribution in [0.15, 0.2) is 94.9 Å². The topological polar surface area (TPSA) is 345 Å². The molecule has 8 fully saturated rings. The third-order valence-corrected chi connectivity index (χ3v) is 31.5. The van der Waals surface area contributed by atoms with Gasteiger partial charge in [-0.3, -0.25) is 53.5 Å². The summed E-state index contributed by atoms with van der Waals surface area (Å²) in [7, 11) is 1.73. The largest absolute Gasteiger partial charge is 0.449 e. The molecule has 0 radical (unpaired) electrons. The minimum atomic E-state index is -2.62. The number of aromatic amines is 2. The van der Waals surface area contributed by atoms with E-state index in [4.69, 9.17) is 37.6 Å². The number of likely N-dealkylation sites (N-methyl/N-ethyl adjacent to an activating group) is 1. The fourth-order valence-electron chi connectivity index (χ4n) is 22.3. The molecule has 29 nitrogen and oxygen atoms in total. The van der Waals surface area contributed by atoms with Crippen LogP contribution in [-0.4, -0.2) is 217 Å². The maximum absolute atomic E-state index is 13.8. The second-order valence-electron chi connectivity index (χ2n) is 48.9. The molecule has 0 aromatic carbocycles. The summed E-state index contributed by atoms with van der Waals surface area (Å²) in [4.78, 5) is 138. The number of nitrogens with zero attached hydrogens (tertiary/aromatic N) is 15. The lowest BCUT2D eigenvalue weighted by molar-refractivity contribution is -0.144. The fraction of sp³-hybridized carbons (Fsp3) is 0.604. The van der Waals surface area contributed by atoms with Gasteiger partial charge < -0.3 is 47.1 Å². The number of carbonyl (C=O) groups is 8. The molecular formula is C111H143F6N17O12. The van der Waals surface area contributed by atoms with Crippen LogP contribution in [0.2, 0.25) is 0 Å². The minimum absolute atomic E-state index is 0.0124. The molecule has 7 amide bonds. The highest BCUT2D eigenvalue weighted by Crippen LogP contribution is 2.51. The van der Waals surface area contributed by atoms with Crippen molar-refractivity contribution in [2.75, 3.05) is 62.7 Å². The lowest BCUT2D eigenvalue weighted by Crippen LogP contribution is -2.64. The zero-order valence-electron chi connectivity index (χ0n) is 89.1. The van der Waals surface area contributed by atoms with Gasteiger partial charge in [0.25, 0.3) is 35.4 Å². The summed E-state index contributed by atoms with van der Waals surface area (Å²) < 4.78 is 107. The third-order valence-electron chi connectivity index (χ3n) is 31.5. The Morgan fingerprint density at radius 1 is 0.411 bits per heavy atom. The molecule has 4 saturated heterocycles. The van der Waals surface area contributed by atoms with Gasteiger partial charge in [-0.25, -0.2) is 46.3 Å². The number of likely N-dealkylation sites (tertiary alicyclic amines) is 1. The number of alkyl halides is 6. The molecule has 10 aromatic rings. The van der Waals surface area contributed by atoms with Crippen molar-refractivity contribution in [1.29, 1.82) is 0 Å². The Bertz CT molecular complexity index is 6720. The van der Waals surface area contributed by atoms with Crippen LogP contribution >= 0.6 is 0 Å². The highest BCUT2D eigenvalue weighted by Gasteiger charge is 2.52. The molecular weight excluding hydrogens is 1880 g/mol. The highest BCUT2D eigenvalue weighted by molar-refractivity contribution is 6.43. The Morgan fingerprint density at radius 3 is 1.07 bits per heavy atom. The van der Waals surface area contributed by atoms with E-state index < -0.39 is 39.9 Å². The smallest absolute Gasteiger partial charge is 0.290 e. The number of piperazine rings is 3. The number of aryl methyl sites for hydroxylation is 1. The predicted octanol–water partition coefficient (Wildman–Crippen LogP) is 23.1. The number of piperidine rings is 1. The first-order valence-electron chi connectivity index (χ1n) is 51.6. The van der Waals surface area contributed by atoms with Gasteiger partial charge in [-0.15, -0.1) is 0 Å². The van der Waals surface area contributed by atoms with Crippen LogP contribution in [0.1, 0.15) is 391 Å². The average Bonchev–Trinajstić information content (AvgIpc) is 1.60. The molecule has 4 aliphatic carbocycles. The second kappa shape index (κ2) is 39.0. The van der Waals surface area contributed by atoms with Gasteiger partial charge in [-0.1, -0.05) is 96.9 Å². The van der Waals surface area contributed by atoms with Gasteiger partial charge in [0.2, 0.25) is 23.7 Å². The molecule has 2 N–H and O–H groups in total. The number of H-pyrrole nitrogens is 2. The van der Waals surface area contributed by atoms with Crippen molar-refractivity contribution in [3.05, 3.63) is 141 Å². The average molecular weight is 2020 g/mol. The number of halogens is 6. The van der Waals surface area contributed by atoms with E-state index in [-0.39, 0.29) is 154 Å². The van der Waals surface area contributed by atoms with Crippen molar-refractivity contribution in [2.24, 2.45) is 21.5 Å². The number of hydrogen-bond donors (Lipinski definition) is 2. The summed E-state index contributed by atoms with van der Waals surface area (Å²) in [5.74, 6) is -8.26. The van der Waals surface area contributed by atoms with Gasteiger partial charge in [0, 0.05) is 226 Å². The molecule has 4 saturated carbocycles. The zero-order valence-corrected chi connectivity index (χ0v) is 89.1. The monoisotopic (exact) mass is 2020 g/mol. The molecule has 1 unspecified atom stereocenters. The van der Waals surface area contributed by atoms with Gasteiger partial charge in [-0.05, 0) is 191 Å². The summed E-state index contributed by atoms with van der Waals surface area (Å²) in [6.45, 7) is 48.6. The predicted molar refractivity (Wildman–Crippen MR) is 547 cm³/mol. The first kappa shape index (κ1) is 107. The lowest BCUT2D eigenvalue weighted by atomic mass is 9.72. The summed E-state index contributed by atoms with van der Waals surface area (Å²) in [5, 5.41) is 21.5. The van der Waals surface area contributed by atoms with Crippen LogP contribution in [0.3, 0.4) is 0 Å². The number of fused-ring (bicyclic) bond motifs is 4. The van der Waals surface area contributed by atoms with Crippen LogP contribution in [0.25, 0.3) is 44.4 Å². The van der Waals surface area contributed by atoms with E-state index in [0.717, 1.165) is 69.1 Å². The molecule has 9 aliphatic rings. The van der Waals surface area contributed by atoms with E-state index >= 15 is 0 Å². The van der Waals surface area contributed by atoms with E-state index in [1.165, 1.54) is 17.7 Å². The summed E-state index contributed by atoms with van der Waals surface area (Å²) in [5.41, 5.74) is 9.44. The normalized spacial score (nSPS) is 21.5. The Hall–Kier alpha value is -11.9. The van der Waals surface area contributed by atoms with Crippen molar-refractivity contribution in [1.82, 2.24) is 64.8 Å². The summed E-state index contributed by atoms with van der Waals surface area (Å²) in [6.07, 6.45) is 12.5. The minimum Gasteiger partial charge on any atom is -0.449 e. The Balaban J connectivity index is 0.000000139. The molecule has 5 aliphatic heterocycles. The van der Waals surface area contributed by atoms with Gasteiger partial charge in [-0.2, -0.15) is 20.4 Å². The van der Waals surface area contributed by atoms with Gasteiger partial charge >= 0.3 is 0 Å². The van der Waals surface area contributed by atoms with Crippen molar-refractivity contribution in [3.63, 3.8) is 0 Å². The van der Waals surface area contributed by atoms with Gasteiger partial charge in [0.1, 0.15) is 44.4 Å². The maximum atomic E-state index is 13.8. The Morgan fingerprint density at radius 2 is 0.747 bits per heavy atom. The molecule has 35 heteroatoms. The SMILES string of the molecule is CC(C)(C)c1cc(C2CCC(F)(F)CC2)nc2cc(C(=O)N3CCC(C(=O)C4=NN=CC4)CC3(C)C)oc12.CC(C)(C)c1cc(C2CCC(F)(F)CC2)nc2cc(C(=O)N3CCN(c4cn[nH]c4)C(=O)C3(C)C)oc12.CN1CCN(C(=O)c2cc3nc(C4CCC(F)(F)CC4)cc(C(C)(C)C)c3o2)C(C)(C)C1=O.Cc1cc(N2CCN(C(=O)c3cc4nc(C5CCC(C)(C)CC5)cc(C(C)(C)C)c4o3)C(C)(C)C2=O)n[nH]1. The summed E-state index contributed by atoms with van der Waals surface area (Å²) in [6, 6.07) is 16.6. The van der Waals surface area contributed by atoms with Gasteiger partial charge in [0.15, 0.2) is 57.0 Å². The number of ketones is 1. The standard InChI is InChI=1S/C30H41N5O3.C29H36F2N4O3.C27H33F2N5O3.C25H33F2N3O3/c1-18-15-24(33-32-18)34-13-14-35(30(7,8)27(34)37)26(36)23-17-22-25(38-23)20(28(2,3)4)16-21(31-22)19-9-11-29(5,6)12-10-19;1-27(2,3)19-14-21(17-6-10-29(30,31)11-7-17)33-22-15-23(38-25(19)22)26(37)35-13-9-18(16-28(35,4)5)24(36)20-8-12-32-34-20;1-25(2,3)18-12-19(16-6-8-27(28,29)9-7-16)32-20-13-21(37-22(18)20)23(35)34-11-10-33(17-14-30-31-15-17)24(36)26(34,4)5;1-23(2,3)16-13-17(15-7-9-25(26,27)10-8-15)28-18-14-19(33-20(16)18)21(31)30-12-11-29(6)22(32)24(30,4)5/h15-17,19H,9-14H2,1-8H3,(H,32,33);12,14-15,17-18H,6-11,13,16H2,1-5H3;12-16H,6-11H2,1-5H3,(H,30,31);13-15H,7-12H2,1-6H3. The number of aromatic nitrogens is 8. The van der Waals surface area contributed by atoms with Gasteiger partial charge in [0.05, 0.1) is 11.9 Å². The third kappa shape index (κ3) is 21.9. The lowest BCUT2D eigenvalue weighted by Gasteiger charge is -2.45. The quantitative estimate of drug-likeness (QED) is 0.107. The van der Waals surface area contributed by atoms with E-state index in [1.807, 2.05) is 86.6 Å². The molecule has 0 bridgehead atoms. The van der Waals surface area contributed by atoms with Crippen LogP contribution < -0.4 is 9.80 Å². The number of pyridine rings is 4. The molecule has 10 aromatic heterocycles. The number of nitrogens with one attached hydrogen (secondary N) is 2. The van der Waals surface area contributed by atoms with Crippen LogP contribution in [0.4, 0.5) is 37.8 Å². The Kier molecular flexibility index (Phi) is 28.5. The highest BCUT2D eigenvalue weighted by atomic mass is 19.3. The number of Topliss-reactive ketones (excluding diaryl/α,β-unsaturated/α-hetero) is 1. The van der Waals surface area contributed by atoms with Crippen molar-refractivity contribution >= 4 is 115 Å². The van der Waals surface area contributed by atoms with E-state index in [1.54, 1.807) is 121 Å². The van der Waals surface area contributed by atoms with Crippen LogP contribution in [0, 0.1) is 18.3 Å². The van der Waals surface area contributed by atoms with Crippen LogP contribution in [0.5, 0.6) is 0 Å². The first-order valence-corrected chi connectivity index (χ1v) is 51.6. The molecule has 146 heavy (non-hydrogen) atoms. The Labute approximate surface area is 849 Å². The van der Waals surface area contributed by atoms with Crippen molar-refractivity contribution < 1.29 is 82.4 Å². The molecule has 15 heterocycles. The molecule has 786 valence electrons. The van der Waals surface area contributed by atoms with E-state index in [2.05, 4.69) is 92.1 Å². The number of rotatable bonds is 12. The van der Waals surface area contributed by atoms with Crippen molar-refractivity contribution in [3.8, 4) is 0 Å². The maximum Gasteiger partial charge on any atom is 0.290 e. The molecule has 19 rings (SSSR count). The number of anilines is 2. The number of furan rings is 4. The van der Waals surface area contributed by atoms with Crippen molar-refractivity contribution in [2.45, 2.75) is 366 Å². The fourth-order valence-corrected chi connectivity index (χ4v) is 22.3. The first-order chi connectivity index (χ1) is 67.9. The zero-order chi connectivity index (χ0) is 106. The summed E-state index contributed by atoms with van der Waals surface area (Å²) >= 11 is 0.